The van der Waals surface area contributed by atoms with Gasteiger partial charge in [-0.25, -0.2) is 4.98 Å². The molecule has 1 aromatic carbocycles. The molecule has 7 heteroatoms. The quantitative estimate of drug-likeness (QED) is 0.816. The minimum absolute atomic E-state index is 0.193. The maximum atomic E-state index is 12.9. The number of hydrogen-bond acceptors (Lipinski definition) is 4. The molecule has 0 unspecified atom stereocenters. The minimum atomic E-state index is -4.41. The fraction of sp³-hybridized carbons (Fsp3) is 0.421. The van der Waals surface area contributed by atoms with Crippen LogP contribution in [-0.4, -0.2) is 42.2 Å². The van der Waals surface area contributed by atoms with Crippen LogP contribution in [0.5, 0.6) is 5.75 Å². The Kier molecular flexibility index (Phi) is 4.48. The summed E-state index contributed by atoms with van der Waals surface area (Å²) in [4.78, 5) is 8.58. The number of rotatable bonds is 2. The summed E-state index contributed by atoms with van der Waals surface area (Å²) in [6.07, 6.45) is -2.74. The van der Waals surface area contributed by atoms with Crippen LogP contribution in [0.3, 0.4) is 0 Å². The van der Waals surface area contributed by atoms with E-state index in [1.165, 1.54) is 5.56 Å². The number of pyridine rings is 1. The summed E-state index contributed by atoms with van der Waals surface area (Å²) in [6, 6.07) is 11.5. The molecule has 2 aliphatic rings. The van der Waals surface area contributed by atoms with Crippen molar-refractivity contribution in [2.75, 3.05) is 31.1 Å². The first kappa shape index (κ1) is 17.1. The lowest BCUT2D eigenvalue weighted by molar-refractivity contribution is -0.137. The SMILES string of the molecule is FC(F)(F)c1cnc2c(c1)OCC[C@H]1CN(Cc3ccccc3)CCN21. The lowest BCUT2D eigenvalue weighted by atomic mass is 10.1. The van der Waals surface area contributed by atoms with Crippen molar-refractivity contribution in [3.05, 3.63) is 53.7 Å². The molecule has 3 heterocycles. The molecule has 0 N–H and O–H groups in total. The van der Waals surface area contributed by atoms with Crippen molar-refractivity contribution in [2.24, 2.45) is 0 Å². The van der Waals surface area contributed by atoms with E-state index in [1.807, 2.05) is 18.2 Å². The van der Waals surface area contributed by atoms with Crippen LogP contribution in [-0.2, 0) is 12.7 Å². The van der Waals surface area contributed by atoms with Gasteiger partial charge in [-0.1, -0.05) is 30.3 Å². The van der Waals surface area contributed by atoms with Crippen molar-refractivity contribution in [3.63, 3.8) is 0 Å². The zero-order valence-corrected chi connectivity index (χ0v) is 14.2. The highest BCUT2D eigenvalue weighted by atomic mass is 19.4. The molecule has 0 aliphatic carbocycles. The Bertz CT molecular complexity index is 766. The Morgan fingerprint density at radius 3 is 2.73 bits per heavy atom. The number of benzene rings is 1. The van der Waals surface area contributed by atoms with Crippen LogP contribution in [0, 0.1) is 0 Å². The number of piperazine rings is 1. The van der Waals surface area contributed by atoms with Crippen LogP contribution in [0.25, 0.3) is 0 Å². The van der Waals surface area contributed by atoms with Gasteiger partial charge in [0, 0.05) is 44.8 Å². The van der Waals surface area contributed by atoms with Gasteiger partial charge in [0.25, 0.3) is 0 Å². The molecule has 0 saturated carbocycles. The van der Waals surface area contributed by atoms with Crippen LogP contribution < -0.4 is 9.64 Å². The molecule has 0 spiro atoms. The Balaban J connectivity index is 1.52. The van der Waals surface area contributed by atoms with E-state index in [9.17, 15) is 13.2 Å². The third kappa shape index (κ3) is 3.49. The number of anilines is 1. The number of aromatic nitrogens is 1. The molecule has 0 bridgehead atoms. The van der Waals surface area contributed by atoms with Gasteiger partial charge in [0.2, 0.25) is 0 Å². The van der Waals surface area contributed by atoms with Gasteiger partial charge in [0.1, 0.15) is 0 Å². The molecule has 0 amide bonds. The van der Waals surface area contributed by atoms with E-state index in [0.717, 1.165) is 44.9 Å². The summed E-state index contributed by atoms with van der Waals surface area (Å²) in [6.45, 7) is 3.69. The van der Waals surface area contributed by atoms with Gasteiger partial charge in [-0.15, -0.1) is 0 Å². The van der Waals surface area contributed by atoms with Gasteiger partial charge in [-0.05, 0) is 11.6 Å². The average Bonchev–Trinajstić information content (AvgIpc) is 2.80. The smallest absolute Gasteiger partial charge is 0.418 e. The standard InChI is InChI=1S/C19H20F3N3O/c20-19(21,22)15-10-17-18(23-11-15)25-8-7-24(13-16(25)6-9-26-17)12-14-4-2-1-3-5-14/h1-5,10-11,16H,6-9,12-13H2/t16-/m0/s1. The Labute approximate surface area is 150 Å². The van der Waals surface area contributed by atoms with Crippen LogP contribution in [0.4, 0.5) is 19.0 Å². The zero-order valence-electron chi connectivity index (χ0n) is 14.2. The van der Waals surface area contributed by atoms with E-state index in [-0.39, 0.29) is 11.8 Å². The fourth-order valence-electron chi connectivity index (χ4n) is 3.65. The number of fused-ring (bicyclic) bond motifs is 3. The average molecular weight is 363 g/mol. The number of ether oxygens (including phenoxy) is 1. The van der Waals surface area contributed by atoms with Crippen LogP contribution in [0.2, 0.25) is 0 Å². The Morgan fingerprint density at radius 1 is 1.15 bits per heavy atom. The van der Waals surface area contributed by atoms with Gasteiger partial charge in [-0.2, -0.15) is 13.2 Å². The summed E-state index contributed by atoms with van der Waals surface area (Å²) < 4.78 is 44.4. The van der Waals surface area contributed by atoms with E-state index < -0.39 is 11.7 Å². The first-order chi connectivity index (χ1) is 12.5. The normalized spacial score (nSPS) is 20.7. The van der Waals surface area contributed by atoms with E-state index >= 15 is 0 Å². The summed E-state index contributed by atoms with van der Waals surface area (Å²) >= 11 is 0. The number of nitrogens with zero attached hydrogens (tertiary/aromatic N) is 3. The second-order valence-electron chi connectivity index (χ2n) is 6.75. The topological polar surface area (TPSA) is 28.6 Å². The number of hydrogen-bond donors (Lipinski definition) is 0. The molecule has 0 radical (unpaired) electrons. The summed E-state index contributed by atoms with van der Waals surface area (Å²) in [5.41, 5.74) is 0.497. The van der Waals surface area contributed by atoms with Gasteiger partial charge in [0.05, 0.1) is 12.2 Å². The Hall–Kier alpha value is -2.28. The van der Waals surface area contributed by atoms with E-state index in [0.29, 0.717) is 12.4 Å². The highest BCUT2D eigenvalue weighted by Crippen LogP contribution is 2.38. The highest BCUT2D eigenvalue weighted by molar-refractivity contribution is 5.55. The van der Waals surface area contributed by atoms with Crippen molar-refractivity contribution < 1.29 is 17.9 Å². The molecule has 2 aliphatic heterocycles. The summed E-state index contributed by atoms with van der Waals surface area (Å²) in [5.74, 6) is 0.763. The third-order valence-corrected chi connectivity index (χ3v) is 4.96. The Morgan fingerprint density at radius 2 is 1.96 bits per heavy atom. The molecular weight excluding hydrogens is 343 g/mol. The molecule has 4 rings (SSSR count). The van der Waals surface area contributed by atoms with Gasteiger partial charge >= 0.3 is 6.18 Å². The third-order valence-electron chi connectivity index (χ3n) is 4.96. The van der Waals surface area contributed by atoms with Gasteiger partial charge < -0.3 is 9.64 Å². The number of halogens is 3. The van der Waals surface area contributed by atoms with Crippen LogP contribution in [0.1, 0.15) is 17.5 Å². The van der Waals surface area contributed by atoms with Crippen LogP contribution in [0.15, 0.2) is 42.6 Å². The predicted octanol–water partition coefficient (Wildman–Crippen LogP) is 3.57. The molecule has 4 nitrogen and oxygen atoms in total. The van der Waals surface area contributed by atoms with Gasteiger partial charge in [-0.3, -0.25) is 4.90 Å². The van der Waals surface area contributed by atoms with E-state index in [2.05, 4.69) is 26.9 Å². The van der Waals surface area contributed by atoms with Crippen molar-refractivity contribution in [3.8, 4) is 5.75 Å². The molecular formula is C19H20F3N3O. The molecule has 2 aromatic rings. The summed E-state index contributed by atoms with van der Waals surface area (Å²) in [5, 5.41) is 0. The van der Waals surface area contributed by atoms with Crippen molar-refractivity contribution >= 4 is 5.82 Å². The molecule has 1 aromatic heterocycles. The fourth-order valence-corrected chi connectivity index (χ4v) is 3.65. The van der Waals surface area contributed by atoms with E-state index in [1.54, 1.807) is 0 Å². The maximum Gasteiger partial charge on any atom is 0.418 e. The first-order valence-corrected chi connectivity index (χ1v) is 8.74. The lowest BCUT2D eigenvalue weighted by Crippen LogP contribution is -2.53. The maximum absolute atomic E-state index is 12.9. The largest absolute Gasteiger partial charge is 0.490 e. The number of alkyl halides is 3. The molecule has 138 valence electrons. The predicted molar refractivity (Wildman–Crippen MR) is 92.2 cm³/mol. The second kappa shape index (κ2) is 6.79. The second-order valence-corrected chi connectivity index (χ2v) is 6.75. The first-order valence-electron chi connectivity index (χ1n) is 8.74. The lowest BCUT2D eigenvalue weighted by Gasteiger charge is -2.41. The zero-order chi connectivity index (χ0) is 18.1. The molecule has 1 saturated heterocycles. The van der Waals surface area contributed by atoms with Crippen LogP contribution >= 0.6 is 0 Å². The van der Waals surface area contributed by atoms with Crippen molar-refractivity contribution in [2.45, 2.75) is 25.2 Å². The summed E-state index contributed by atoms with van der Waals surface area (Å²) in [7, 11) is 0. The van der Waals surface area contributed by atoms with Crippen molar-refractivity contribution in [1.29, 1.82) is 0 Å². The molecule has 1 fully saturated rings. The highest BCUT2D eigenvalue weighted by Gasteiger charge is 2.36. The van der Waals surface area contributed by atoms with Gasteiger partial charge in [0.15, 0.2) is 11.6 Å². The molecule has 26 heavy (non-hydrogen) atoms. The monoisotopic (exact) mass is 363 g/mol. The van der Waals surface area contributed by atoms with Crippen molar-refractivity contribution in [1.82, 2.24) is 9.88 Å². The minimum Gasteiger partial charge on any atom is -0.490 e. The molecule has 1 atom stereocenters. The van der Waals surface area contributed by atoms with E-state index in [4.69, 9.17) is 4.74 Å².